The predicted molar refractivity (Wildman–Crippen MR) is 108 cm³/mol. The third-order valence-corrected chi connectivity index (χ3v) is 3.94. The largest absolute Gasteiger partial charge is 0.494 e. The van der Waals surface area contributed by atoms with Crippen LogP contribution in [-0.4, -0.2) is 36.9 Å². The van der Waals surface area contributed by atoms with Crippen molar-refractivity contribution < 1.29 is 14.6 Å². The van der Waals surface area contributed by atoms with Crippen molar-refractivity contribution in [2.45, 2.75) is 39.2 Å². The molecule has 1 saturated carbocycles. The Kier molecular flexibility index (Phi) is 9.20. The van der Waals surface area contributed by atoms with Crippen LogP contribution in [0.25, 0.3) is 0 Å². The topological polar surface area (TPSA) is 89.1 Å². The van der Waals surface area contributed by atoms with Gasteiger partial charge in [-0.25, -0.2) is 0 Å². The van der Waals surface area contributed by atoms with E-state index in [1.54, 1.807) is 0 Å². The highest BCUT2D eigenvalue weighted by atomic mass is 127. The van der Waals surface area contributed by atoms with Crippen molar-refractivity contribution in [3.63, 3.8) is 0 Å². The Morgan fingerprint density at radius 1 is 1.29 bits per heavy atom. The van der Waals surface area contributed by atoms with Crippen molar-refractivity contribution in [1.82, 2.24) is 0 Å². The minimum Gasteiger partial charge on any atom is -0.494 e. The van der Waals surface area contributed by atoms with Gasteiger partial charge in [-0.05, 0) is 38.8 Å². The van der Waals surface area contributed by atoms with Crippen molar-refractivity contribution in [2.24, 2.45) is 16.6 Å². The predicted octanol–water partition coefficient (Wildman–Crippen LogP) is 2.99. The maximum atomic E-state index is 9.83. The highest BCUT2D eigenvalue weighted by Crippen LogP contribution is 2.29. The van der Waals surface area contributed by atoms with Gasteiger partial charge in [0.15, 0.2) is 5.96 Å². The van der Waals surface area contributed by atoms with Crippen molar-refractivity contribution in [3.05, 3.63) is 18.2 Å². The lowest BCUT2D eigenvalue weighted by Crippen LogP contribution is -2.25. The van der Waals surface area contributed by atoms with Crippen LogP contribution in [0.5, 0.6) is 11.5 Å². The summed E-state index contributed by atoms with van der Waals surface area (Å²) in [6.07, 6.45) is 2.66. The minimum absolute atomic E-state index is 0. The number of aliphatic imine (C=N–C) groups is 1. The number of guanidine groups is 1. The van der Waals surface area contributed by atoms with E-state index in [4.69, 9.17) is 15.2 Å². The van der Waals surface area contributed by atoms with E-state index in [1.165, 1.54) is 0 Å². The van der Waals surface area contributed by atoms with Crippen molar-refractivity contribution in [3.8, 4) is 11.5 Å². The van der Waals surface area contributed by atoms with Crippen LogP contribution < -0.4 is 20.5 Å². The number of anilines is 1. The first-order valence-electron chi connectivity index (χ1n) is 8.28. The van der Waals surface area contributed by atoms with E-state index >= 15 is 0 Å². The molecule has 0 bridgehead atoms. The Hall–Kier alpha value is -1.22. The molecule has 1 aromatic rings. The zero-order chi connectivity index (χ0) is 16.7. The van der Waals surface area contributed by atoms with Gasteiger partial charge in [0.1, 0.15) is 11.5 Å². The number of rotatable bonds is 7. The standard InChI is InChI=1S/C17H27N3O3.HI/c1-3-22-13-8-9-16(23-4-2)14(10-13)20-17(18)19-11-12-6-5-7-15(12)21;/h8-10,12,15,21H,3-7,11H2,1-2H3,(H3,18,19,20);1H. The molecule has 0 saturated heterocycles. The maximum Gasteiger partial charge on any atom is 0.193 e. The Bertz CT molecular complexity index is 540. The summed E-state index contributed by atoms with van der Waals surface area (Å²) in [6.45, 7) is 5.56. The Morgan fingerprint density at radius 2 is 2.04 bits per heavy atom. The van der Waals surface area contributed by atoms with Crippen molar-refractivity contribution in [2.75, 3.05) is 25.1 Å². The summed E-state index contributed by atoms with van der Waals surface area (Å²) in [5.41, 5.74) is 6.71. The number of halogens is 1. The van der Waals surface area contributed by atoms with Gasteiger partial charge in [0, 0.05) is 18.5 Å². The Morgan fingerprint density at radius 3 is 2.67 bits per heavy atom. The highest BCUT2D eigenvalue weighted by Gasteiger charge is 2.24. The molecule has 2 rings (SSSR count). The number of nitrogens with one attached hydrogen (secondary N) is 1. The molecule has 1 aliphatic rings. The number of nitrogens with zero attached hydrogens (tertiary/aromatic N) is 1. The molecular formula is C17H28IN3O3. The molecule has 7 heteroatoms. The summed E-state index contributed by atoms with van der Waals surface area (Å²) in [7, 11) is 0. The summed E-state index contributed by atoms with van der Waals surface area (Å²) in [4.78, 5) is 4.36. The lowest BCUT2D eigenvalue weighted by atomic mass is 10.1. The van der Waals surface area contributed by atoms with E-state index in [-0.39, 0.29) is 36.0 Å². The van der Waals surface area contributed by atoms with Crippen molar-refractivity contribution >= 4 is 35.6 Å². The molecule has 6 nitrogen and oxygen atoms in total. The number of benzene rings is 1. The SMILES string of the molecule is CCOc1ccc(OCC)c(NC(N)=NCC2CCCC2O)c1.I. The number of hydrogen-bond donors (Lipinski definition) is 3. The van der Waals surface area contributed by atoms with E-state index < -0.39 is 0 Å². The molecule has 0 radical (unpaired) electrons. The first-order chi connectivity index (χ1) is 11.1. The average Bonchev–Trinajstić information content (AvgIpc) is 2.93. The molecule has 0 heterocycles. The summed E-state index contributed by atoms with van der Waals surface area (Å²) in [6, 6.07) is 5.56. The minimum atomic E-state index is -0.258. The summed E-state index contributed by atoms with van der Waals surface area (Å²) >= 11 is 0. The van der Waals surface area contributed by atoms with E-state index in [0.717, 1.165) is 30.7 Å². The molecule has 1 aliphatic carbocycles. The van der Waals surface area contributed by atoms with E-state index in [0.29, 0.717) is 31.5 Å². The van der Waals surface area contributed by atoms with Gasteiger partial charge in [0.05, 0.1) is 25.0 Å². The maximum absolute atomic E-state index is 9.83. The van der Waals surface area contributed by atoms with Crippen LogP contribution in [-0.2, 0) is 0 Å². The zero-order valence-corrected chi connectivity index (χ0v) is 16.7. The molecule has 2 unspecified atom stereocenters. The van der Waals surface area contributed by atoms with Crippen LogP contribution in [0.2, 0.25) is 0 Å². The monoisotopic (exact) mass is 449 g/mol. The zero-order valence-electron chi connectivity index (χ0n) is 14.3. The molecule has 0 aliphatic heterocycles. The van der Waals surface area contributed by atoms with E-state index in [2.05, 4.69) is 10.3 Å². The smallest absolute Gasteiger partial charge is 0.193 e. The summed E-state index contributed by atoms with van der Waals surface area (Å²) in [5.74, 6) is 1.97. The number of hydrogen-bond acceptors (Lipinski definition) is 4. The lowest BCUT2D eigenvalue weighted by molar-refractivity contribution is 0.137. The van der Waals surface area contributed by atoms with Gasteiger partial charge in [-0.15, -0.1) is 24.0 Å². The molecule has 0 aromatic heterocycles. The fourth-order valence-electron chi connectivity index (χ4n) is 2.77. The molecule has 1 fully saturated rings. The average molecular weight is 449 g/mol. The molecular weight excluding hydrogens is 421 g/mol. The number of nitrogens with two attached hydrogens (primary N) is 1. The highest BCUT2D eigenvalue weighted by molar-refractivity contribution is 14.0. The second-order valence-electron chi connectivity index (χ2n) is 5.63. The van der Waals surface area contributed by atoms with Crippen LogP contribution >= 0.6 is 24.0 Å². The second kappa shape index (κ2) is 10.6. The van der Waals surface area contributed by atoms with Crippen LogP contribution in [0.4, 0.5) is 5.69 Å². The molecule has 0 amide bonds. The number of aliphatic hydroxyl groups is 1. The van der Waals surface area contributed by atoms with Gasteiger partial charge in [-0.1, -0.05) is 6.42 Å². The van der Waals surface area contributed by atoms with Gasteiger partial charge in [0.2, 0.25) is 0 Å². The van der Waals surface area contributed by atoms with Gasteiger partial charge in [0.25, 0.3) is 0 Å². The van der Waals surface area contributed by atoms with Gasteiger partial charge < -0.3 is 25.6 Å². The van der Waals surface area contributed by atoms with Crippen LogP contribution in [0.3, 0.4) is 0 Å². The molecule has 4 N–H and O–H groups in total. The van der Waals surface area contributed by atoms with Crippen molar-refractivity contribution in [1.29, 1.82) is 0 Å². The second-order valence-corrected chi connectivity index (χ2v) is 5.63. The third kappa shape index (κ3) is 6.01. The Labute approximate surface area is 160 Å². The molecule has 0 spiro atoms. The van der Waals surface area contributed by atoms with E-state index in [9.17, 15) is 5.11 Å². The lowest BCUT2D eigenvalue weighted by Gasteiger charge is -2.15. The van der Waals surface area contributed by atoms with Gasteiger partial charge in [-0.2, -0.15) is 0 Å². The molecule has 136 valence electrons. The fourth-order valence-corrected chi connectivity index (χ4v) is 2.77. The molecule has 1 aromatic carbocycles. The van der Waals surface area contributed by atoms with Gasteiger partial charge in [-0.3, -0.25) is 4.99 Å². The number of ether oxygens (including phenoxy) is 2. The summed E-state index contributed by atoms with van der Waals surface area (Å²) in [5, 5.41) is 12.9. The van der Waals surface area contributed by atoms with E-state index in [1.807, 2.05) is 32.0 Å². The number of aliphatic hydroxyl groups excluding tert-OH is 1. The summed E-state index contributed by atoms with van der Waals surface area (Å²) < 4.78 is 11.1. The quantitative estimate of drug-likeness (QED) is 0.339. The first kappa shape index (κ1) is 20.8. The third-order valence-electron chi connectivity index (χ3n) is 3.94. The van der Waals surface area contributed by atoms with Crippen LogP contribution in [0.15, 0.2) is 23.2 Å². The van der Waals surface area contributed by atoms with Crippen LogP contribution in [0.1, 0.15) is 33.1 Å². The fraction of sp³-hybridized carbons (Fsp3) is 0.588. The normalized spacial score (nSPS) is 20.4. The first-order valence-corrected chi connectivity index (χ1v) is 8.28. The van der Waals surface area contributed by atoms with Gasteiger partial charge >= 0.3 is 0 Å². The molecule has 24 heavy (non-hydrogen) atoms. The molecule has 2 atom stereocenters. The Balaban J connectivity index is 0.00000288. The van der Waals surface area contributed by atoms with Crippen LogP contribution in [0, 0.1) is 5.92 Å².